The number of aliphatic carboxylic acids is 1. The number of aryl methyl sites for hydroxylation is 1. The van der Waals surface area contributed by atoms with Crippen LogP contribution >= 0.6 is 0 Å². The number of nitrogens with zero attached hydrogens (tertiary/aromatic N) is 2. The summed E-state index contributed by atoms with van der Waals surface area (Å²) in [7, 11) is 0. The number of likely N-dealkylation sites (tertiary alicyclic amines) is 1. The van der Waals surface area contributed by atoms with E-state index in [0.717, 1.165) is 68.3 Å². The summed E-state index contributed by atoms with van der Waals surface area (Å²) in [5.41, 5.74) is 3.41. The predicted molar refractivity (Wildman–Crippen MR) is 130 cm³/mol. The molecule has 1 fully saturated rings. The molecule has 3 heterocycles. The van der Waals surface area contributed by atoms with Crippen molar-refractivity contribution in [3.8, 4) is 5.75 Å². The Morgan fingerprint density at radius 2 is 2.21 bits per heavy atom. The van der Waals surface area contributed by atoms with E-state index >= 15 is 0 Å². The van der Waals surface area contributed by atoms with Crippen molar-refractivity contribution in [2.75, 3.05) is 31.5 Å². The first kappa shape index (κ1) is 23.5. The fourth-order valence-corrected chi connectivity index (χ4v) is 4.76. The van der Waals surface area contributed by atoms with Crippen LogP contribution in [0.25, 0.3) is 0 Å². The maximum atomic E-state index is 11.6. The van der Waals surface area contributed by atoms with Crippen molar-refractivity contribution in [3.05, 3.63) is 53.2 Å². The molecule has 0 radical (unpaired) electrons. The van der Waals surface area contributed by atoms with E-state index in [-0.39, 0.29) is 24.6 Å². The molecule has 0 saturated carbocycles. The Morgan fingerprint density at radius 1 is 1.33 bits per heavy atom. The average molecular weight is 453 g/mol. The molecule has 178 valence electrons. The molecule has 0 amide bonds. The molecule has 0 bridgehead atoms. The minimum Gasteiger partial charge on any atom is -0.491 e. The van der Waals surface area contributed by atoms with Gasteiger partial charge in [0.25, 0.3) is 0 Å². The number of fused-ring (bicyclic) bond motifs is 1. The summed E-state index contributed by atoms with van der Waals surface area (Å²) in [6, 6.07) is 12.2. The molecule has 2 atom stereocenters. The van der Waals surface area contributed by atoms with Crippen LogP contribution in [0.2, 0.25) is 0 Å². The van der Waals surface area contributed by atoms with Crippen LogP contribution in [-0.4, -0.2) is 59.3 Å². The normalized spacial score (nSPS) is 19.2. The van der Waals surface area contributed by atoms with Gasteiger partial charge in [-0.1, -0.05) is 18.2 Å². The summed E-state index contributed by atoms with van der Waals surface area (Å²) < 4.78 is 5.81. The number of hydrogen-bond acceptors (Lipinski definition) is 6. The van der Waals surface area contributed by atoms with Gasteiger partial charge in [-0.2, -0.15) is 0 Å². The molecular formula is C26H36N4O3. The van der Waals surface area contributed by atoms with Crippen molar-refractivity contribution < 1.29 is 14.6 Å². The number of aromatic nitrogens is 1. The third kappa shape index (κ3) is 6.68. The quantitative estimate of drug-likeness (QED) is 0.507. The van der Waals surface area contributed by atoms with Crippen molar-refractivity contribution in [2.45, 2.75) is 64.1 Å². The van der Waals surface area contributed by atoms with E-state index in [9.17, 15) is 9.90 Å². The first-order chi connectivity index (χ1) is 16.0. The molecule has 2 unspecified atom stereocenters. The summed E-state index contributed by atoms with van der Waals surface area (Å²) in [5, 5.41) is 16.5. The summed E-state index contributed by atoms with van der Waals surface area (Å²) in [6.07, 6.45) is 4.35. The molecule has 1 aromatic heterocycles. The zero-order chi connectivity index (χ0) is 23.2. The molecule has 1 saturated heterocycles. The van der Waals surface area contributed by atoms with Crippen LogP contribution in [0.1, 0.15) is 56.0 Å². The van der Waals surface area contributed by atoms with Gasteiger partial charge in [-0.3, -0.25) is 4.79 Å². The van der Waals surface area contributed by atoms with E-state index in [1.165, 1.54) is 12.0 Å². The minimum atomic E-state index is -0.801. The molecule has 1 aromatic carbocycles. The van der Waals surface area contributed by atoms with Crippen molar-refractivity contribution in [1.82, 2.24) is 15.2 Å². The van der Waals surface area contributed by atoms with Crippen LogP contribution in [0.4, 0.5) is 5.82 Å². The maximum absolute atomic E-state index is 11.6. The molecule has 33 heavy (non-hydrogen) atoms. The predicted octanol–water partition coefficient (Wildman–Crippen LogP) is 3.65. The van der Waals surface area contributed by atoms with Gasteiger partial charge >= 0.3 is 5.97 Å². The number of nitrogens with one attached hydrogen (secondary N) is 2. The van der Waals surface area contributed by atoms with Crippen LogP contribution in [0.5, 0.6) is 5.75 Å². The molecule has 0 aliphatic carbocycles. The highest BCUT2D eigenvalue weighted by Crippen LogP contribution is 2.25. The lowest BCUT2D eigenvalue weighted by atomic mass is 10.0. The Hall–Kier alpha value is -2.64. The van der Waals surface area contributed by atoms with E-state index < -0.39 is 5.97 Å². The van der Waals surface area contributed by atoms with Crippen molar-refractivity contribution >= 4 is 11.8 Å². The monoisotopic (exact) mass is 452 g/mol. The summed E-state index contributed by atoms with van der Waals surface area (Å²) in [6.45, 7) is 7.88. The van der Waals surface area contributed by atoms with Crippen LogP contribution in [0, 0.1) is 0 Å². The van der Waals surface area contributed by atoms with Gasteiger partial charge < -0.3 is 25.4 Å². The third-order valence-electron chi connectivity index (χ3n) is 6.36. The molecule has 2 aromatic rings. The SMILES string of the molecule is CC(C)Oc1cccc(C(CC(=O)O)NC2CCN(CCc3ccc4c(n3)NCCC4)C2)c1. The lowest BCUT2D eigenvalue weighted by Crippen LogP contribution is -2.36. The zero-order valence-electron chi connectivity index (χ0n) is 19.7. The standard InChI is InChI=1S/C26H36N4O3/c1-18(2)33-23-7-3-5-20(15-23)24(16-25(31)32)28-22-11-14-30(17-22)13-10-21-9-8-19-6-4-12-27-26(19)29-21/h3,5,7-9,15,18,22,24,28H,4,6,10-14,16-17H2,1-2H3,(H,27,29)(H,31,32). The van der Waals surface area contributed by atoms with Gasteiger partial charge in [0.2, 0.25) is 0 Å². The van der Waals surface area contributed by atoms with E-state index in [1.807, 2.05) is 38.1 Å². The number of carboxylic acids is 1. The largest absolute Gasteiger partial charge is 0.491 e. The van der Waals surface area contributed by atoms with E-state index in [2.05, 4.69) is 27.7 Å². The van der Waals surface area contributed by atoms with Gasteiger partial charge in [-0.25, -0.2) is 4.98 Å². The molecule has 7 nitrogen and oxygen atoms in total. The Balaban J connectivity index is 1.33. The average Bonchev–Trinajstić information content (AvgIpc) is 3.24. The number of anilines is 1. The topological polar surface area (TPSA) is 86.7 Å². The Labute approximate surface area is 196 Å². The second kappa shape index (κ2) is 11.0. The molecule has 2 aliphatic rings. The number of pyridine rings is 1. The molecule has 7 heteroatoms. The lowest BCUT2D eigenvalue weighted by Gasteiger charge is -2.23. The molecule has 4 rings (SSSR count). The zero-order valence-corrected chi connectivity index (χ0v) is 19.7. The number of benzene rings is 1. The van der Waals surface area contributed by atoms with Gasteiger partial charge in [-0.05, 0) is 69.0 Å². The van der Waals surface area contributed by atoms with Gasteiger partial charge in [0.15, 0.2) is 0 Å². The van der Waals surface area contributed by atoms with Crippen LogP contribution in [0.15, 0.2) is 36.4 Å². The van der Waals surface area contributed by atoms with Crippen LogP contribution in [-0.2, 0) is 17.6 Å². The highest BCUT2D eigenvalue weighted by atomic mass is 16.5. The summed E-state index contributed by atoms with van der Waals surface area (Å²) in [4.78, 5) is 18.8. The fraction of sp³-hybridized carbons (Fsp3) is 0.538. The maximum Gasteiger partial charge on any atom is 0.305 e. The highest BCUT2D eigenvalue weighted by Gasteiger charge is 2.26. The van der Waals surface area contributed by atoms with Gasteiger partial charge in [0.1, 0.15) is 11.6 Å². The van der Waals surface area contributed by atoms with Crippen molar-refractivity contribution in [3.63, 3.8) is 0 Å². The second-order valence-electron chi connectivity index (χ2n) is 9.43. The first-order valence-corrected chi connectivity index (χ1v) is 12.2. The van der Waals surface area contributed by atoms with Gasteiger partial charge in [0, 0.05) is 43.8 Å². The van der Waals surface area contributed by atoms with E-state index in [4.69, 9.17) is 9.72 Å². The van der Waals surface area contributed by atoms with E-state index in [1.54, 1.807) is 0 Å². The van der Waals surface area contributed by atoms with Crippen LogP contribution < -0.4 is 15.4 Å². The lowest BCUT2D eigenvalue weighted by molar-refractivity contribution is -0.137. The number of carbonyl (C=O) groups is 1. The smallest absolute Gasteiger partial charge is 0.305 e. The van der Waals surface area contributed by atoms with Crippen LogP contribution in [0.3, 0.4) is 0 Å². The van der Waals surface area contributed by atoms with E-state index in [0.29, 0.717) is 0 Å². The third-order valence-corrected chi connectivity index (χ3v) is 6.36. The Morgan fingerprint density at radius 3 is 3.03 bits per heavy atom. The molecule has 2 aliphatic heterocycles. The molecule has 3 N–H and O–H groups in total. The fourth-order valence-electron chi connectivity index (χ4n) is 4.76. The van der Waals surface area contributed by atoms with Gasteiger partial charge in [-0.15, -0.1) is 0 Å². The Bertz CT molecular complexity index is 949. The molecule has 0 spiro atoms. The number of ether oxygens (including phenoxy) is 1. The molecular weight excluding hydrogens is 416 g/mol. The second-order valence-corrected chi connectivity index (χ2v) is 9.43. The summed E-state index contributed by atoms with van der Waals surface area (Å²) >= 11 is 0. The van der Waals surface area contributed by atoms with Crippen molar-refractivity contribution in [2.24, 2.45) is 0 Å². The highest BCUT2D eigenvalue weighted by molar-refractivity contribution is 5.68. The van der Waals surface area contributed by atoms with Crippen molar-refractivity contribution in [1.29, 1.82) is 0 Å². The first-order valence-electron chi connectivity index (χ1n) is 12.2. The minimum absolute atomic E-state index is 0.0493. The van der Waals surface area contributed by atoms with Gasteiger partial charge in [0.05, 0.1) is 12.5 Å². The number of hydrogen-bond donors (Lipinski definition) is 3. The number of carboxylic acid groups (broad SMARTS) is 1. The number of rotatable bonds is 10. The summed E-state index contributed by atoms with van der Waals surface area (Å²) in [5.74, 6) is 1.03. The Kier molecular flexibility index (Phi) is 7.83.